The molecule has 3 aromatic rings. The predicted molar refractivity (Wildman–Crippen MR) is 77.1 cm³/mol. The molecule has 0 saturated carbocycles. The summed E-state index contributed by atoms with van der Waals surface area (Å²) in [5.41, 5.74) is 1.92. The van der Waals surface area contributed by atoms with Crippen molar-refractivity contribution in [2.45, 2.75) is 0 Å². The van der Waals surface area contributed by atoms with E-state index in [0.29, 0.717) is 16.6 Å². The number of nitrogens with zero attached hydrogens (tertiary/aromatic N) is 2. The van der Waals surface area contributed by atoms with Crippen LogP contribution in [0, 0.1) is 0 Å². The molecular weight excluding hydrogens is 304 g/mol. The molecule has 0 amide bonds. The first kappa shape index (κ1) is 12.0. The van der Waals surface area contributed by atoms with Crippen molar-refractivity contribution >= 4 is 32.6 Å². The molecule has 0 radical (unpaired) electrons. The lowest BCUT2D eigenvalue weighted by molar-refractivity contribution is 0.104. The SMILES string of the molecule is O=C(c1ccncc1)c1ccc(Br)c2cccnc12. The Morgan fingerprint density at radius 1 is 1.00 bits per heavy atom. The number of ketones is 1. The highest BCUT2D eigenvalue weighted by molar-refractivity contribution is 9.10. The quantitative estimate of drug-likeness (QED) is 0.679. The van der Waals surface area contributed by atoms with Gasteiger partial charge in [0.15, 0.2) is 5.78 Å². The van der Waals surface area contributed by atoms with E-state index < -0.39 is 0 Å². The Morgan fingerprint density at radius 2 is 1.79 bits per heavy atom. The van der Waals surface area contributed by atoms with E-state index in [9.17, 15) is 4.79 Å². The molecule has 0 spiro atoms. The first-order chi connectivity index (χ1) is 9.27. The van der Waals surface area contributed by atoms with E-state index in [4.69, 9.17) is 0 Å². The monoisotopic (exact) mass is 312 g/mol. The Kier molecular flexibility index (Phi) is 3.09. The summed E-state index contributed by atoms with van der Waals surface area (Å²) >= 11 is 3.48. The van der Waals surface area contributed by atoms with E-state index in [1.165, 1.54) is 0 Å². The minimum atomic E-state index is -0.0430. The van der Waals surface area contributed by atoms with Crippen molar-refractivity contribution in [3.05, 3.63) is 70.6 Å². The molecule has 3 rings (SSSR count). The molecule has 2 heterocycles. The zero-order valence-corrected chi connectivity index (χ0v) is 11.5. The summed E-state index contributed by atoms with van der Waals surface area (Å²) in [6, 6.07) is 10.9. The Labute approximate surface area is 118 Å². The molecule has 0 N–H and O–H groups in total. The summed E-state index contributed by atoms with van der Waals surface area (Å²) in [5.74, 6) is -0.0430. The molecule has 0 atom stereocenters. The van der Waals surface area contributed by atoms with Crippen LogP contribution in [0.1, 0.15) is 15.9 Å². The molecular formula is C15H9BrN2O. The molecule has 0 saturated heterocycles. The Morgan fingerprint density at radius 3 is 2.58 bits per heavy atom. The van der Waals surface area contributed by atoms with Gasteiger partial charge in [-0.1, -0.05) is 22.0 Å². The number of benzene rings is 1. The third-order valence-electron chi connectivity index (χ3n) is 2.90. The van der Waals surface area contributed by atoms with Gasteiger partial charge in [-0.25, -0.2) is 0 Å². The maximum absolute atomic E-state index is 12.5. The molecule has 19 heavy (non-hydrogen) atoms. The van der Waals surface area contributed by atoms with Crippen LogP contribution in [-0.2, 0) is 0 Å². The third kappa shape index (κ3) is 2.15. The molecule has 0 aliphatic carbocycles. The van der Waals surface area contributed by atoms with Gasteiger partial charge in [-0.15, -0.1) is 0 Å². The first-order valence-corrected chi connectivity index (χ1v) is 6.54. The fraction of sp³-hybridized carbons (Fsp3) is 0. The number of aromatic nitrogens is 2. The van der Waals surface area contributed by atoms with Crippen LogP contribution in [-0.4, -0.2) is 15.8 Å². The van der Waals surface area contributed by atoms with Crippen molar-refractivity contribution < 1.29 is 4.79 Å². The highest BCUT2D eigenvalue weighted by atomic mass is 79.9. The summed E-state index contributed by atoms with van der Waals surface area (Å²) in [7, 11) is 0. The van der Waals surface area contributed by atoms with E-state index in [-0.39, 0.29) is 5.78 Å². The second kappa shape index (κ2) is 4.90. The fourth-order valence-corrected chi connectivity index (χ4v) is 2.43. The van der Waals surface area contributed by atoms with E-state index in [1.54, 1.807) is 36.8 Å². The van der Waals surface area contributed by atoms with Crippen LogP contribution in [0.4, 0.5) is 0 Å². The lowest BCUT2D eigenvalue weighted by Crippen LogP contribution is -2.03. The van der Waals surface area contributed by atoms with Gasteiger partial charge in [0.05, 0.1) is 5.52 Å². The zero-order chi connectivity index (χ0) is 13.2. The topological polar surface area (TPSA) is 42.9 Å². The van der Waals surface area contributed by atoms with Gasteiger partial charge in [0.25, 0.3) is 0 Å². The molecule has 0 bridgehead atoms. The van der Waals surface area contributed by atoms with Crippen molar-refractivity contribution in [2.75, 3.05) is 0 Å². The third-order valence-corrected chi connectivity index (χ3v) is 3.60. The number of hydrogen-bond acceptors (Lipinski definition) is 3. The maximum atomic E-state index is 12.5. The summed E-state index contributed by atoms with van der Waals surface area (Å²) in [6.07, 6.45) is 4.92. The van der Waals surface area contributed by atoms with Gasteiger partial charge in [-0.2, -0.15) is 0 Å². The van der Waals surface area contributed by atoms with Crippen molar-refractivity contribution in [1.29, 1.82) is 0 Å². The van der Waals surface area contributed by atoms with E-state index in [1.807, 2.05) is 18.2 Å². The van der Waals surface area contributed by atoms with Crippen LogP contribution < -0.4 is 0 Å². The van der Waals surface area contributed by atoms with Gasteiger partial charge in [-0.05, 0) is 30.3 Å². The van der Waals surface area contributed by atoms with Gasteiger partial charge < -0.3 is 0 Å². The van der Waals surface area contributed by atoms with Gasteiger partial charge in [-0.3, -0.25) is 14.8 Å². The smallest absolute Gasteiger partial charge is 0.195 e. The molecule has 2 aromatic heterocycles. The van der Waals surface area contributed by atoms with E-state index >= 15 is 0 Å². The van der Waals surface area contributed by atoms with Crippen LogP contribution in [0.3, 0.4) is 0 Å². The van der Waals surface area contributed by atoms with Crippen LogP contribution in [0.2, 0.25) is 0 Å². The first-order valence-electron chi connectivity index (χ1n) is 5.75. The number of pyridine rings is 2. The summed E-state index contributed by atoms with van der Waals surface area (Å²) in [4.78, 5) is 20.7. The molecule has 3 nitrogen and oxygen atoms in total. The van der Waals surface area contributed by atoms with Crippen LogP contribution in [0.5, 0.6) is 0 Å². The maximum Gasteiger partial charge on any atom is 0.195 e. The molecule has 4 heteroatoms. The molecule has 0 aliphatic rings. The van der Waals surface area contributed by atoms with Crippen molar-refractivity contribution in [1.82, 2.24) is 9.97 Å². The zero-order valence-electron chi connectivity index (χ0n) is 9.88. The van der Waals surface area contributed by atoms with Crippen molar-refractivity contribution in [3.63, 3.8) is 0 Å². The second-order valence-electron chi connectivity index (χ2n) is 4.06. The Bertz CT molecular complexity index is 756. The van der Waals surface area contributed by atoms with Gasteiger partial charge in [0, 0.05) is 39.6 Å². The van der Waals surface area contributed by atoms with Crippen LogP contribution in [0.25, 0.3) is 10.9 Å². The summed E-state index contributed by atoms with van der Waals surface area (Å²) in [5, 5.41) is 0.933. The lowest BCUT2D eigenvalue weighted by Gasteiger charge is -2.06. The number of fused-ring (bicyclic) bond motifs is 1. The number of hydrogen-bond donors (Lipinski definition) is 0. The number of carbonyl (C=O) groups excluding carboxylic acids is 1. The lowest BCUT2D eigenvalue weighted by atomic mass is 10.0. The summed E-state index contributed by atoms with van der Waals surface area (Å²) < 4.78 is 0.932. The summed E-state index contributed by atoms with van der Waals surface area (Å²) in [6.45, 7) is 0. The largest absolute Gasteiger partial charge is 0.289 e. The highest BCUT2D eigenvalue weighted by Crippen LogP contribution is 2.26. The van der Waals surface area contributed by atoms with Crippen LogP contribution >= 0.6 is 15.9 Å². The average Bonchev–Trinajstić information content (AvgIpc) is 2.48. The molecule has 0 aliphatic heterocycles. The normalized spacial score (nSPS) is 10.6. The number of halogens is 1. The van der Waals surface area contributed by atoms with E-state index in [2.05, 4.69) is 25.9 Å². The van der Waals surface area contributed by atoms with Crippen molar-refractivity contribution in [2.24, 2.45) is 0 Å². The Hall–Kier alpha value is -2.07. The van der Waals surface area contributed by atoms with Crippen molar-refractivity contribution in [3.8, 4) is 0 Å². The molecule has 0 fully saturated rings. The molecule has 92 valence electrons. The van der Waals surface area contributed by atoms with Gasteiger partial charge in [0.2, 0.25) is 0 Å². The van der Waals surface area contributed by atoms with Crippen LogP contribution in [0.15, 0.2) is 59.5 Å². The Balaban J connectivity index is 2.22. The second-order valence-corrected chi connectivity index (χ2v) is 4.91. The predicted octanol–water partition coefficient (Wildman–Crippen LogP) is 3.62. The van der Waals surface area contributed by atoms with E-state index in [0.717, 1.165) is 9.86 Å². The minimum Gasteiger partial charge on any atom is -0.289 e. The fourth-order valence-electron chi connectivity index (χ4n) is 1.98. The minimum absolute atomic E-state index is 0.0430. The van der Waals surface area contributed by atoms with Gasteiger partial charge >= 0.3 is 0 Å². The highest BCUT2D eigenvalue weighted by Gasteiger charge is 2.14. The standard InChI is InChI=1S/C15H9BrN2O/c16-13-4-3-12(14-11(13)2-1-7-18-14)15(19)10-5-8-17-9-6-10/h1-9H. The number of rotatable bonds is 2. The van der Waals surface area contributed by atoms with Gasteiger partial charge in [0.1, 0.15) is 0 Å². The average molecular weight is 313 g/mol. The molecule has 1 aromatic carbocycles. The number of carbonyl (C=O) groups is 1. The molecule has 0 unspecified atom stereocenters.